The van der Waals surface area contributed by atoms with Gasteiger partial charge in [0.25, 0.3) is 0 Å². The maximum absolute atomic E-state index is 6.17. The standard InChI is InChI=1S/C13H19ClN2/c1-16(2)12-8-10(4-5-11(12)14)13(9-15)6-3-7-13/h4-5,8H,3,6-7,9,15H2,1-2H3. The molecule has 2 N–H and O–H groups in total. The second kappa shape index (κ2) is 4.27. The highest BCUT2D eigenvalue weighted by molar-refractivity contribution is 6.33. The summed E-state index contributed by atoms with van der Waals surface area (Å²) in [5, 5.41) is 0.806. The normalized spacial score (nSPS) is 18.0. The first-order valence-electron chi connectivity index (χ1n) is 5.76. The van der Waals surface area contributed by atoms with Crippen molar-refractivity contribution < 1.29 is 0 Å². The van der Waals surface area contributed by atoms with Crippen molar-refractivity contribution in [1.82, 2.24) is 0 Å². The van der Waals surface area contributed by atoms with Crippen molar-refractivity contribution in [2.75, 3.05) is 25.5 Å². The molecule has 1 aliphatic carbocycles. The molecule has 0 heterocycles. The number of benzene rings is 1. The van der Waals surface area contributed by atoms with Crippen molar-refractivity contribution >= 4 is 17.3 Å². The van der Waals surface area contributed by atoms with E-state index in [-0.39, 0.29) is 5.41 Å². The van der Waals surface area contributed by atoms with Gasteiger partial charge in [0.05, 0.1) is 10.7 Å². The summed E-state index contributed by atoms with van der Waals surface area (Å²) in [5.41, 5.74) is 8.56. The number of rotatable bonds is 3. The zero-order chi connectivity index (χ0) is 11.8. The Morgan fingerprint density at radius 3 is 2.50 bits per heavy atom. The molecule has 3 heteroatoms. The molecular formula is C13H19ClN2. The van der Waals surface area contributed by atoms with Gasteiger partial charge in [-0.1, -0.05) is 24.1 Å². The topological polar surface area (TPSA) is 29.3 Å². The molecule has 1 fully saturated rings. The molecule has 2 rings (SSSR count). The third-order valence-electron chi connectivity index (χ3n) is 3.74. The van der Waals surface area contributed by atoms with Gasteiger partial charge in [-0.2, -0.15) is 0 Å². The van der Waals surface area contributed by atoms with E-state index in [1.807, 2.05) is 20.2 Å². The van der Waals surface area contributed by atoms with Crippen LogP contribution in [0.15, 0.2) is 18.2 Å². The number of hydrogen-bond acceptors (Lipinski definition) is 2. The zero-order valence-electron chi connectivity index (χ0n) is 9.96. The SMILES string of the molecule is CN(C)c1cc(C2(CN)CCC2)ccc1Cl. The molecule has 0 aliphatic heterocycles. The minimum Gasteiger partial charge on any atom is -0.376 e. The smallest absolute Gasteiger partial charge is 0.0639 e. The van der Waals surface area contributed by atoms with E-state index in [9.17, 15) is 0 Å². The molecule has 1 saturated carbocycles. The molecule has 1 aromatic carbocycles. The van der Waals surface area contributed by atoms with E-state index in [4.69, 9.17) is 17.3 Å². The molecule has 0 atom stereocenters. The third-order valence-corrected chi connectivity index (χ3v) is 4.06. The van der Waals surface area contributed by atoms with Gasteiger partial charge in [-0.3, -0.25) is 0 Å². The molecule has 0 amide bonds. The first-order valence-corrected chi connectivity index (χ1v) is 6.14. The van der Waals surface area contributed by atoms with Crippen LogP contribution < -0.4 is 10.6 Å². The third kappa shape index (κ3) is 1.80. The van der Waals surface area contributed by atoms with Gasteiger partial charge in [-0.15, -0.1) is 0 Å². The fourth-order valence-electron chi connectivity index (χ4n) is 2.40. The first-order chi connectivity index (χ1) is 7.59. The predicted octanol–water partition coefficient (Wildman–Crippen LogP) is 2.79. The maximum Gasteiger partial charge on any atom is 0.0639 e. The Kier molecular flexibility index (Phi) is 3.13. The van der Waals surface area contributed by atoms with Crippen LogP contribution >= 0.6 is 11.6 Å². The second-order valence-electron chi connectivity index (χ2n) is 4.90. The quantitative estimate of drug-likeness (QED) is 0.878. The molecule has 0 radical (unpaired) electrons. The van der Waals surface area contributed by atoms with Crippen LogP contribution in [-0.4, -0.2) is 20.6 Å². The van der Waals surface area contributed by atoms with Crippen molar-refractivity contribution in [2.45, 2.75) is 24.7 Å². The van der Waals surface area contributed by atoms with E-state index in [0.29, 0.717) is 0 Å². The highest BCUT2D eigenvalue weighted by atomic mass is 35.5. The largest absolute Gasteiger partial charge is 0.376 e. The Labute approximate surface area is 102 Å². The molecule has 88 valence electrons. The number of nitrogens with zero attached hydrogens (tertiary/aromatic N) is 1. The van der Waals surface area contributed by atoms with Gasteiger partial charge in [0, 0.05) is 26.1 Å². The number of anilines is 1. The number of nitrogens with two attached hydrogens (primary N) is 1. The summed E-state index contributed by atoms with van der Waals surface area (Å²) in [5.74, 6) is 0. The van der Waals surface area contributed by atoms with Crippen LogP contribution in [0, 0.1) is 0 Å². The number of hydrogen-bond donors (Lipinski definition) is 1. The average Bonchev–Trinajstić information content (AvgIpc) is 2.19. The first kappa shape index (κ1) is 11.7. The summed E-state index contributed by atoms with van der Waals surface area (Å²) in [6, 6.07) is 6.30. The lowest BCUT2D eigenvalue weighted by Crippen LogP contribution is -2.41. The molecule has 1 aromatic rings. The van der Waals surface area contributed by atoms with Gasteiger partial charge in [0.1, 0.15) is 0 Å². The Hall–Kier alpha value is -0.730. The molecule has 1 aliphatic rings. The molecule has 0 unspecified atom stereocenters. The lowest BCUT2D eigenvalue weighted by Gasteiger charge is -2.42. The minimum atomic E-state index is 0.218. The summed E-state index contributed by atoms with van der Waals surface area (Å²) < 4.78 is 0. The lowest BCUT2D eigenvalue weighted by atomic mass is 9.64. The van der Waals surface area contributed by atoms with Crippen LogP contribution in [0.1, 0.15) is 24.8 Å². The Bertz CT molecular complexity index is 378. The van der Waals surface area contributed by atoms with E-state index in [1.54, 1.807) is 0 Å². The Balaban J connectivity index is 2.39. The molecule has 2 nitrogen and oxygen atoms in total. The summed E-state index contributed by atoms with van der Waals surface area (Å²) in [4.78, 5) is 2.05. The van der Waals surface area contributed by atoms with Crippen molar-refractivity contribution in [3.8, 4) is 0 Å². The second-order valence-corrected chi connectivity index (χ2v) is 5.31. The molecule has 0 saturated heterocycles. The lowest BCUT2D eigenvalue weighted by molar-refractivity contribution is 0.253. The van der Waals surface area contributed by atoms with Crippen LogP contribution in [0.3, 0.4) is 0 Å². The van der Waals surface area contributed by atoms with E-state index < -0.39 is 0 Å². The highest BCUT2D eigenvalue weighted by Gasteiger charge is 2.37. The van der Waals surface area contributed by atoms with Crippen LogP contribution in [0.2, 0.25) is 5.02 Å². The van der Waals surface area contributed by atoms with Gasteiger partial charge >= 0.3 is 0 Å². The molecular weight excluding hydrogens is 220 g/mol. The van der Waals surface area contributed by atoms with Crippen LogP contribution in [0.5, 0.6) is 0 Å². The number of halogens is 1. The summed E-state index contributed by atoms with van der Waals surface area (Å²) in [6.45, 7) is 0.738. The zero-order valence-corrected chi connectivity index (χ0v) is 10.7. The van der Waals surface area contributed by atoms with Crippen LogP contribution in [0.4, 0.5) is 5.69 Å². The van der Waals surface area contributed by atoms with Crippen LogP contribution in [-0.2, 0) is 5.41 Å². The van der Waals surface area contributed by atoms with E-state index in [2.05, 4.69) is 17.0 Å². The minimum absolute atomic E-state index is 0.218. The molecule has 0 bridgehead atoms. The Morgan fingerprint density at radius 1 is 1.38 bits per heavy atom. The van der Waals surface area contributed by atoms with E-state index >= 15 is 0 Å². The molecule has 0 spiro atoms. The van der Waals surface area contributed by atoms with Gasteiger partial charge < -0.3 is 10.6 Å². The van der Waals surface area contributed by atoms with Crippen molar-refractivity contribution in [3.05, 3.63) is 28.8 Å². The fourth-order valence-corrected chi connectivity index (χ4v) is 2.69. The Morgan fingerprint density at radius 2 is 2.06 bits per heavy atom. The van der Waals surface area contributed by atoms with Crippen LogP contribution in [0.25, 0.3) is 0 Å². The monoisotopic (exact) mass is 238 g/mol. The average molecular weight is 239 g/mol. The van der Waals surface area contributed by atoms with Crippen molar-refractivity contribution in [3.63, 3.8) is 0 Å². The van der Waals surface area contributed by atoms with E-state index in [1.165, 1.54) is 24.8 Å². The predicted molar refractivity (Wildman–Crippen MR) is 70.4 cm³/mol. The maximum atomic E-state index is 6.17. The van der Waals surface area contributed by atoms with Gasteiger partial charge in [0.15, 0.2) is 0 Å². The van der Waals surface area contributed by atoms with Gasteiger partial charge in [0.2, 0.25) is 0 Å². The van der Waals surface area contributed by atoms with Crippen molar-refractivity contribution in [1.29, 1.82) is 0 Å². The van der Waals surface area contributed by atoms with Crippen molar-refractivity contribution in [2.24, 2.45) is 5.73 Å². The summed E-state index contributed by atoms with van der Waals surface area (Å²) in [6.07, 6.45) is 3.70. The molecule has 0 aromatic heterocycles. The molecule has 16 heavy (non-hydrogen) atoms. The summed E-state index contributed by atoms with van der Waals surface area (Å²) >= 11 is 6.17. The van der Waals surface area contributed by atoms with Gasteiger partial charge in [-0.25, -0.2) is 0 Å². The van der Waals surface area contributed by atoms with Gasteiger partial charge in [-0.05, 0) is 30.5 Å². The highest BCUT2D eigenvalue weighted by Crippen LogP contribution is 2.44. The van der Waals surface area contributed by atoms with E-state index in [0.717, 1.165) is 17.3 Å². The fraction of sp³-hybridized carbons (Fsp3) is 0.538. The summed E-state index contributed by atoms with van der Waals surface area (Å²) in [7, 11) is 4.03.